The molecule has 0 fully saturated rings. The third-order valence-corrected chi connectivity index (χ3v) is 2.47. The molecule has 2 aromatic rings. The van der Waals surface area contributed by atoms with Crippen LogP contribution in [-0.4, -0.2) is 15.8 Å². The average molecular weight is 259 g/mol. The van der Waals surface area contributed by atoms with Gasteiger partial charge in [0, 0.05) is 17.2 Å². The Labute approximate surface area is 110 Å². The third kappa shape index (κ3) is 2.95. The summed E-state index contributed by atoms with van der Waals surface area (Å²) >= 11 is 0. The van der Waals surface area contributed by atoms with Gasteiger partial charge in [0.25, 0.3) is 0 Å². The summed E-state index contributed by atoms with van der Waals surface area (Å²) < 4.78 is 0. The molecule has 19 heavy (non-hydrogen) atoms. The number of nitro groups is 1. The number of phenols is 1. The van der Waals surface area contributed by atoms with E-state index in [-0.39, 0.29) is 18.8 Å². The van der Waals surface area contributed by atoms with Gasteiger partial charge < -0.3 is 5.11 Å². The van der Waals surface area contributed by atoms with Crippen LogP contribution < -0.4 is 0 Å². The Kier molecular flexibility index (Phi) is 4.36. The minimum Gasteiger partial charge on any atom is -0.502 e. The number of hydrogen-bond donors (Lipinski definition) is 1. The van der Waals surface area contributed by atoms with E-state index in [0.29, 0.717) is 5.56 Å². The van der Waals surface area contributed by atoms with Gasteiger partial charge in [-0.05, 0) is 12.1 Å². The van der Waals surface area contributed by atoms with Gasteiger partial charge in [0.05, 0.1) is 4.92 Å². The second-order valence-electron chi connectivity index (χ2n) is 3.66. The minimum atomic E-state index is -0.725. The van der Waals surface area contributed by atoms with Crippen LogP contribution in [0, 0.1) is 10.1 Å². The van der Waals surface area contributed by atoms with E-state index in [1.54, 1.807) is 30.3 Å². The van der Waals surface area contributed by atoms with Crippen LogP contribution >= 0.6 is 0 Å². The summed E-state index contributed by atoms with van der Waals surface area (Å²) in [7, 11) is 0. The lowest BCUT2D eigenvalue weighted by molar-refractivity contribution is -0.385. The molecule has 2 aromatic carbocycles. The molecule has 0 amide bonds. The molecule has 1 N–H and O–H groups in total. The molecular weight excluding hydrogens is 246 g/mol. The van der Waals surface area contributed by atoms with Crippen LogP contribution in [-0.2, 0) is 0 Å². The van der Waals surface area contributed by atoms with Crippen molar-refractivity contribution in [2.75, 3.05) is 0 Å². The molecule has 0 aliphatic heterocycles. The number of hydrogen-bond acceptors (Lipinski definition) is 4. The Hall–Kier alpha value is -2.69. The Morgan fingerprint density at radius 1 is 1.05 bits per heavy atom. The second kappa shape index (κ2) is 5.77. The van der Waals surface area contributed by atoms with E-state index in [9.17, 15) is 20.0 Å². The standard InChI is InChI=1S/C13H9NO4.CH4/c15-12-7-6-10(8-11(12)14(17)18)13(16)9-4-2-1-3-5-9;/h1-8,15H;1H4. The molecule has 5 nitrogen and oxygen atoms in total. The Bertz CT molecular complexity index is 608. The predicted molar refractivity (Wildman–Crippen MR) is 71.4 cm³/mol. The van der Waals surface area contributed by atoms with Crippen molar-refractivity contribution in [1.29, 1.82) is 0 Å². The number of aromatic hydroxyl groups is 1. The van der Waals surface area contributed by atoms with Crippen molar-refractivity contribution in [2.45, 2.75) is 7.43 Å². The van der Waals surface area contributed by atoms with Gasteiger partial charge in [-0.15, -0.1) is 0 Å². The second-order valence-corrected chi connectivity index (χ2v) is 3.66. The summed E-state index contributed by atoms with van der Waals surface area (Å²) in [5.74, 6) is -0.775. The number of benzene rings is 2. The Morgan fingerprint density at radius 2 is 1.68 bits per heavy atom. The lowest BCUT2D eigenvalue weighted by atomic mass is 10.0. The molecule has 0 saturated carbocycles. The first-order valence-electron chi connectivity index (χ1n) is 5.17. The molecular formula is C14H13NO4. The molecule has 0 spiro atoms. The van der Waals surface area contributed by atoms with Crippen molar-refractivity contribution < 1.29 is 14.8 Å². The van der Waals surface area contributed by atoms with Crippen LogP contribution in [0.3, 0.4) is 0 Å². The predicted octanol–water partition coefficient (Wildman–Crippen LogP) is 3.17. The molecule has 0 aliphatic carbocycles. The van der Waals surface area contributed by atoms with Gasteiger partial charge in [0.15, 0.2) is 11.5 Å². The highest BCUT2D eigenvalue weighted by molar-refractivity contribution is 6.09. The third-order valence-electron chi connectivity index (χ3n) is 2.47. The topological polar surface area (TPSA) is 80.4 Å². The van der Waals surface area contributed by atoms with Crippen molar-refractivity contribution in [2.24, 2.45) is 0 Å². The van der Waals surface area contributed by atoms with Crippen molar-refractivity contribution in [1.82, 2.24) is 0 Å². The van der Waals surface area contributed by atoms with Crippen molar-refractivity contribution in [3.63, 3.8) is 0 Å². The Morgan fingerprint density at radius 3 is 2.26 bits per heavy atom. The summed E-state index contributed by atoms with van der Waals surface area (Å²) in [5.41, 5.74) is 0.139. The first kappa shape index (κ1) is 14.4. The highest BCUT2D eigenvalue weighted by atomic mass is 16.6. The van der Waals surface area contributed by atoms with Crippen molar-refractivity contribution in [3.05, 3.63) is 69.8 Å². The van der Waals surface area contributed by atoms with Gasteiger partial charge in [-0.1, -0.05) is 37.8 Å². The largest absolute Gasteiger partial charge is 0.502 e. The van der Waals surface area contributed by atoms with E-state index in [4.69, 9.17) is 0 Å². The molecule has 0 heterocycles. The molecule has 0 bridgehead atoms. The SMILES string of the molecule is C.O=C(c1ccccc1)c1ccc(O)c([N+](=O)[O-])c1. The van der Waals surface area contributed by atoms with Crippen LogP contribution in [0.15, 0.2) is 48.5 Å². The van der Waals surface area contributed by atoms with E-state index in [0.717, 1.165) is 12.1 Å². The maximum absolute atomic E-state index is 12.0. The first-order chi connectivity index (χ1) is 8.59. The van der Waals surface area contributed by atoms with E-state index < -0.39 is 16.4 Å². The van der Waals surface area contributed by atoms with E-state index >= 15 is 0 Å². The zero-order valence-electron chi connectivity index (χ0n) is 9.24. The normalized spacial score (nSPS) is 9.47. The summed E-state index contributed by atoms with van der Waals surface area (Å²) in [5, 5.41) is 20.0. The molecule has 0 saturated heterocycles. The van der Waals surface area contributed by atoms with Gasteiger partial charge in [0.2, 0.25) is 0 Å². The van der Waals surface area contributed by atoms with Crippen LogP contribution in [0.2, 0.25) is 0 Å². The highest BCUT2D eigenvalue weighted by Gasteiger charge is 2.17. The monoisotopic (exact) mass is 259 g/mol. The fourth-order valence-corrected chi connectivity index (χ4v) is 1.57. The van der Waals surface area contributed by atoms with Gasteiger partial charge >= 0.3 is 5.69 Å². The number of phenolic OH excluding ortho intramolecular Hbond substituents is 1. The van der Waals surface area contributed by atoms with Crippen LogP contribution in [0.5, 0.6) is 5.75 Å². The molecule has 0 radical (unpaired) electrons. The lowest BCUT2D eigenvalue weighted by Crippen LogP contribution is -2.01. The zero-order valence-corrected chi connectivity index (χ0v) is 9.24. The molecule has 0 aliphatic rings. The molecule has 0 unspecified atom stereocenters. The molecule has 0 aromatic heterocycles. The lowest BCUT2D eigenvalue weighted by Gasteiger charge is -2.02. The van der Waals surface area contributed by atoms with E-state index in [1.807, 2.05) is 0 Å². The highest BCUT2D eigenvalue weighted by Crippen LogP contribution is 2.27. The maximum Gasteiger partial charge on any atom is 0.311 e. The molecule has 5 heteroatoms. The van der Waals surface area contributed by atoms with Gasteiger partial charge in [-0.2, -0.15) is 0 Å². The quantitative estimate of drug-likeness (QED) is 0.521. The van der Waals surface area contributed by atoms with Crippen molar-refractivity contribution in [3.8, 4) is 5.75 Å². The maximum atomic E-state index is 12.0. The smallest absolute Gasteiger partial charge is 0.311 e. The van der Waals surface area contributed by atoms with Crippen molar-refractivity contribution >= 4 is 11.5 Å². The first-order valence-corrected chi connectivity index (χ1v) is 5.17. The number of nitrogens with zero attached hydrogens (tertiary/aromatic N) is 1. The summed E-state index contributed by atoms with van der Waals surface area (Å²) in [6, 6.07) is 12.0. The van der Waals surface area contributed by atoms with Crippen LogP contribution in [0.1, 0.15) is 23.3 Å². The average Bonchev–Trinajstić information content (AvgIpc) is 2.39. The number of nitro benzene ring substituents is 1. The number of rotatable bonds is 3. The molecule has 0 atom stereocenters. The fraction of sp³-hybridized carbons (Fsp3) is 0.0714. The number of ketones is 1. The Balaban J connectivity index is 0.00000180. The zero-order chi connectivity index (χ0) is 13.1. The van der Waals surface area contributed by atoms with E-state index in [1.165, 1.54) is 6.07 Å². The minimum absolute atomic E-state index is 0. The summed E-state index contributed by atoms with van der Waals surface area (Å²) in [6.07, 6.45) is 0. The molecule has 98 valence electrons. The number of carbonyl (C=O) groups is 1. The van der Waals surface area contributed by atoms with E-state index in [2.05, 4.69) is 0 Å². The fourth-order valence-electron chi connectivity index (χ4n) is 1.57. The molecule has 2 rings (SSSR count). The van der Waals surface area contributed by atoms with Crippen LogP contribution in [0.4, 0.5) is 5.69 Å². The van der Waals surface area contributed by atoms with Crippen LogP contribution in [0.25, 0.3) is 0 Å². The summed E-state index contributed by atoms with van der Waals surface area (Å²) in [6.45, 7) is 0. The van der Waals surface area contributed by atoms with Gasteiger partial charge in [0.1, 0.15) is 0 Å². The van der Waals surface area contributed by atoms with Gasteiger partial charge in [-0.25, -0.2) is 0 Å². The van der Waals surface area contributed by atoms with Gasteiger partial charge in [-0.3, -0.25) is 14.9 Å². The number of carbonyl (C=O) groups excluding carboxylic acids is 1. The summed E-state index contributed by atoms with van der Waals surface area (Å²) in [4.78, 5) is 22.0.